The van der Waals surface area contributed by atoms with E-state index in [9.17, 15) is 9.59 Å². The highest BCUT2D eigenvalue weighted by atomic mass is 32.1. The number of rotatable bonds is 4. The first-order valence-electron chi connectivity index (χ1n) is 8.66. The number of thiophene rings is 1. The topological polar surface area (TPSA) is 64.0 Å². The molecule has 1 N–H and O–H groups in total. The standard InChI is InChI=1S/C20H23N3O2S/c1-5-15-10-16-18(26-15)21-12-23(19(16)25)11-17(24)22-14-8-6-13(7-9-14)20(2,3)4/h6-10,12H,5,11H2,1-4H3,(H,22,24). The molecule has 5 nitrogen and oxygen atoms in total. The van der Waals surface area contributed by atoms with Crippen molar-refractivity contribution in [2.75, 3.05) is 5.32 Å². The largest absolute Gasteiger partial charge is 0.325 e. The fraction of sp³-hybridized carbons (Fsp3) is 0.350. The number of fused-ring (bicyclic) bond motifs is 1. The number of anilines is 1. The SMILES string of the molecule is CCc1cc2c(=O)n(CC(=O)Nc3ccc(C(C)(C)C)cc3)cnc2s1. The number of benzene rings is 1. The van der Waals surface area contributed by atoms with E-state index in [0.717, 1.165) is 16.1 Å². The zero-order valence-corrected chi connectivity index (χ0v) is 16.3. The van der Waals surface area contributed by atoms with Crippen LogP contribution in [0.2, 0.25) is 0 Å². The number of carbonyl (C=O) groups is 1. The maximum Gasteiger partial charge on any atom is 0.262 e. The monoisotopic (exact) mass is 369 g/mol. The van der Waals surface area contributed by atoms with Crippen LogP contribution in [0.1, 0.15) is 38.1 Å². The molecule has 0 bridgehead atoms. The molecule has 0 saturated carbocycles. The molecule has 3 aromatic rings. The fourth-order valence-corrected chi connectivity index (χ4v) is 3.63. The summed E-state index contributed by atoms with van der Waals surface area (Å²) in [6.07, 6.45) is 2.31. The lowest BCUT2D eigenvalue weighted by Crippen LogP contribution is -2.27. The summed E-state index contributed by atoms with van der Waals surface area (Å²) in [5.41, 5.74) is 1.80. The molecule has 0 aliphatic heterocycles. The van der Waals surface area contributed by atoms with E-state index in [-0.39, 0.29) is 23.4 Å². The molecule has 26 heavy (non-hydrogen) atoms. The van der Waals surface area contributed by atoms with Crippen molar-refractivity contribution in [2.45, 2.75) is 46.1 Å². The van der Waals surface area contributed by atoms with Crippen molar-refractivity contribution in [1.82, 2.24) is 9.55 Å². The minimum Gasteiger partial charge on any atom is -0.325 e. The van der Waals surface area contributed by atoms with Crippen LogP contribution in [-0.2, 0) is 23.2 Å². The normalized spacial score (nSPS) is 11.7. The zero-order chi connectivity index (χ0) is 18.9. The van der Waals surface area contributed by atoms with Crippen LogP contribution in [0.4, 0.5) is 5.69 Å². The third-order valence-electron chi connectivity index (χ3n) is 4.27. The van der Waals surface area contributed by atoms with Crippen LogP contribution in [0.3, 0.4) is 0 Å². The second-order valence-electron chi connectivity index (χ2n) is 7.34. The van der Waals surface area contributed by atoms with Crippen LogP contribution in [0.15, 0.2) is 41.5 Å². The van der Waals surface area contributed by atoms with Crippen LogP contribution < -0.4 is 10.9 Å². The van der Waals surface area contributed by atoms with Gasteiger partial charge in [0, 0.05) is 10.6 Å². The Balaban J connectivity index is 1.75. The summed E-state index contributed by atoms with van der Waals surface area (Å²) in [5.74, 6) is -0.247. The maximum absolute atomic E-state index is 12.6. The summed E-state index contributed by atoms with van der Waals surface area (Å²) in [4.78, 5) is 31.0. The first-order valence-corrected chi connectivity index (χ1v) is 9.48. The number of nitrogens with zero attached hydrogens (tertiary/aromatic N) is 2. The number of nitrogens with one attached hydrogen (secondary N) is 1. The first-order chi connectivity index (χ1) is 12.3. The number of carbonyl (C=O) groups excluding carboxylic acids is 1. The van der Waals surface area contributed by atoms with Crippen LogP contribution in [0.5, 0.6) is 0 Å². The Labute approximate surface area is 156 Å². The van der Waals surface area contributed by atoms with Crippen molar-refractivity contribution in [3.05, 3.63) is 57.5 Å². The Morgan fingerprint density at radius 1 is 1.23 bits per heavy atom. The van der Waals surface area contributed by atoms with Crippen molar-refractivity contribution in [2.24, 2.45) is 0 Å². The molecule has 0 aliphatic rings. The molecule has 1 amide bonds. The maximum atomic E-state index is 12.6. The predicted molar refractivity (Wildman–Crippen MR) is 107 cm³/mol. The number of aromatic nitrogens is 2. The lowest BCUT2D eigenvalue weighted by Gasteiger charge is -2.19. The Bertz CT molecular complexity index is 995. The average molecular weight is 369 g/mol. The van der Waals surface area contributed by atoms with Crippen LogP contribution in [-0.4, -0.2) is 15.5 Å². The van der Waals surface area contributed by atoms with E-state index in [0.29, 0.717) is 11.1 Å². The molecule has 1 aromatic carbocycles. The summed E-state index contributed by atoms with van der Waals surface area (Å²) < 4.78 is 1.35. The highest BCUT2D eigenvalue weighted by Gasteiger charge is 2.14. The van der Waals surface area contributed by atoms with Gasteiger partial charge < -0.3 is 5.32 Å². The van der Waals surface area contributed by atoms with Crippen LogP contribution >= 0.6 is 11.3 Å². The van der Waals surface area contributed by atoms with Gasteiger partial charge in [-0.25, -0.2) is 4.98 Å². The Morgan fingerprint density at radius 2 is 1.92 bits per heavy atom. The van der Waals surface area contributed by atoms with Gasteiger partial charge in [-0.3, -0.25) is 14.2 Å². The van der Waals surface area contributed by atoms with Gasteiger partial charge in [-0.1, -0.05) is 39.8 Å². The van der Waals surface area contributed by atoms with E-state index in [1.54, 1.807) is 0 Å². The number of amides is 1. The van der Waals surface area contributed by atoms with E-state index in [4.69, 9.17) is 0 Å². The highest BCUT2D eigenvalue weighted by molar-refractivity contribution is 7.18. The smallest absolute Gasteiger partial charge is 0.262 e. The molecule has 0 radical (unpaired) electrons. The molecular weight excluding hydrogens is 346 g/mol. The zero-order valence-electron chi connectivity index (χ0n) is 15.5. The summed E-state index contributed by atoms with van der Waals surface area (Å²) in [6.45, 7) is 8.42. The van der Waals surface area contributed by atoms with E-state index in [2.05, 4.69) is 31.1 Å². The molecule has 0 spiro atoms. The van der Waals surface area contributed by atoms with Crippen molar-refractivity contribution in [1.29, 1.82) is 0 Å². The van der Waals surface area contributed by atoms with Crippen molar-refractivity contribution in [3.8, 4) is 0 Å². The van der Waals surface area contributed by atoms with Gasteiger partial charge in [0.2, 0.25) is 5.91 Å². The molecule has 0 saturated heterocycles. The molecule has 0 atom stereocenters. The molecule has 136 valence electrons. The van der Waals surface area contributed by atoms with E-state index < -0.39 is 0 Å². The summed E-state index contributed by atoms with van der Waals surface area (Å²) in [5, 5.41) is 3.42. The van der Waals surface area contributed by atoms with Crippen molar-refractivity contribution < 1.29 is 4.79 Å². The Kier molecular flexibility index (Phi) is 4.96. The molecular formula is C20H23N3O2S. The molecule has 0 fully saturated rings. The lowest BCUT2D eigenvalue weighted by atomic mass is 9.87. The van der Waals surface area contributed by atoms with Gasteiger partial charge in [0.1, 0.15) is 11.4 Å². The Hall–Kier alpha value is -2.47. The third kappa shape index (κ3) is 3.85. The van der Waals surface area contributed by atoms with E-state index >= 15 is 0 Å². The second kappa shape index (κ2) is 7.03. The minimum atomic E-state index is -0.247. The summed E-state index contributed by atoms with van der Waals surface area (Å²) in [7, 11) is 0. The van der Waals surface area contributed by atoms with Crippen LogP contribution in [0, 0.1) is 0 Å². The van der Waals surface area contributed by atoms with Gasteiger partial charge in [0.05, 0.1) is 11.7 Å². The predicted octanol–water partition coefficient (Wildman–Crippen LogP) is 3.96. The molecule has 2 aromatic heterocycles. The van der Waals surface area contributed by atoms with Gasteiger partial charge in [-0.2, -0.15) is 0 Å². The first kappa shape index (κ1) is 18.3. The number of hydrogen-bond donors (Lipinski definition) is 1. The highest BCUT2D eigenvalue weighted by Crippen LogP contribution is 2.23. The average Bonchev–Trinajstić information content (AvgIpc) is 3.01. The number of aryl methyl sites for hydroxylation is 1. The third-order valence-corrected chi connectivity index (χ3v) is 5.45. The lowest BCUT2D eigenvalue weighted by molar-refractivity contribution is -0.116. The molecule has 6 heteroatoms. The molecule has 3 rings (SSSR count). The van der Waals surface area contributed by atoms with Crippen molar-refractivity contribution >= 4 is 33.1 Å². The summed E-state index contributed by atoms with van der Waals surface area (Å²) in [6, 6.07) is 9.65. The second-order valence-corrected chi connectivity index (χ2v) is 8.45. The van der Waals surface area contributed by atoms with Gasteiger partial charge >= 0.3 is 0 Å². The van der Waals surface area contributed by atoms with Gasteiger partial charge in [-0.05, 0) is 35.6 Å². The van der Waals surface area contributed by atoms with Gasteiger partial charge in [0.15, 0.2) is 0 Å². The minimum absolute atomic E-state index is 0.0555. The van der Waals surface area contributed by atoms with Crippen molar-refractivity contribution in [3.63, 3.8) is 0 Å². The quantitative estimate of drug-likeness (QED) is 0.757. The van der Waals surface area contributed by atoms with E-state index in [1.807, 2.05) is 37.3 Å². The number of hydrogen-bond acceptors (Lipinski definition) is 4. The molecule has 0 unspecified atom stereocenters. The molecule has 0 aliphatic carbocycles. The fourth-order valence-electron chi connectivity index (χ4n) is 2.71. The Morgan fingerprint density at radius 3 is 2.54 bits per heavy atom. The van der Waals surface area contributed by atoms with Gasteiger partial charge in [0.25, 0.3) is 5.56 Å². The van der Waals surface area contributed by atoms with Crippen LogP contribution in [0.25, 0.3) is 10.2 Å². The van der Waals surface area contributed by atoms with E-state index in [1.165, 1.54) is 27.8 Å². The van der Waals surface area contributed by atoms with Gasteiger partial charge in [-0.15, -0.1) is 11.3 Å². The summed E-state index contributed by atoms with van der Waals surface area (Å²) >= 11 is 1.52. The molecule has 2 heterocycles.